The van der Waals surface area contributed by atoms with Gasteiger partial charge in [-0.2, -0.15) is 5.10 Å². The highest BCUT2D eigenvalue weighted by Crippen LogP contribution is 2.31. The molecule has 4 heteroatoms. The molecule has 1 N–H and O–H groups in total. The standard InChI is InChI=1S/C16H28N4/c1-4-14-7-5-6-10-20(14)16-15(11-17-13-8-9-13)12(2)18-19(16)3/h13-14,17H,4-11H2,1-3H3. The van der Waals surface area contributed by atoms with Crippen LogP contribution >= 0.6 is 0 Å². The molecule has 0 radical (unpaired) electrons. The van der Waals surface area contributed by atoms with Gasteiger partial charge in [0.05, 0.1) is 5.69 Å². The third-order valence-corrected chi connectivity index (χ3v) is 4.83. The van der Waals surface area contributed by atoms with E-state index in [2.05, 4.69) is 40.9 Å². The van der Waals surface area contributed by atoms with Gasteiger partial charge in [0.15, 0.2) is 0 Å². The average Bonchev–Trinajstić information content (AvgIpc) is 3.22. The van der Waals surface area contributed by atoms with E-state index in [9.17, 15) is 0 Å². The van der Waals surface area contributed by atoms with Crippen LogP contribution in [0.25, 0.3) is 0 Å². The lowest BCUT2D eigenvalue weighted by Gasteiger charge is -2.37. The SMILES string of the molecule is CCC1CCCCN1c1c(CNC2CC2)c(C)nn1C. The predicted octanol–water partition coefficient (Wildman–Crippen LogP) is 2.75. The number of aryl methyl sites for hydroxylation is 2. The lowest BCUT2D eigenvalue weighted by Crippen LogP contribution is -2.41. The number of aromatic nitrogens is 2. The van der Waals surface area contributed by atoms with Crippen molar-refractivity contribution in [3.8, 4) is 0 Å². The van der Waals surface area contributed by atoms with E-state index in [0.717, 1.165) is 12.6 Å². The molecule has 1 saturated carbocycles. The van der Waals surface area contributed by atoms with E-state index in [4.69, 9.17) is 0 Å². The number of hydrogen-bond acceptors (Lipinski definition) is 3. The minimum absolute atomic E-state index is 0.693. The molecule has 2 aliphatic rings. The summed E-state index contributed by atoms with van der Waals surface area (Å²) in [6, 6.07) is 1.45. The maximum absolute atomic E-state index is 4.69. The van der Waals surface area contributed by atoms with Gasteiger partial charge in [-0.3, -0.25) is 4.68 Å². The van der Waals surface area contributed by atoms with Crippen molar-refractivity contribution in [2.75, 3.05) is 11.4 Å². The van der Waals surface area contributed by atoms with Gasteiger partial charge in [0.1, 0.15) is 5.82 Å². The zero-order chi connectivity index (χ0) is 14.1. The Hall–Kier alpha value is -1.03. The Balaban J connectivity index is 1.85. The van der Waals surface area contributed by atoms with E-state index in [-0.39, 0.29) is 0 Å². The molecule has 0 bridgehead atoms. The van der Waals surface area contributed by atoms with Crippen LogP contribution in [0.1, 0.15) is 56.7 Å². The fraction of sp³-hybridized carbons (Fsp3) is 0.812. The van der Waals surface area contributed by atoms with Crippen LogP contribution in [0, 0.1) is 6.92 Å². The third kappa shape index (κ3) is 2.71. The minimum atomic E-state index is 0.693. The lowest BCUT2D eigenvalue weighted by molar-refractivity contribution is 0.439. The molecule has 0 aromatic carbocycles. The summed E-state index contributed by atoms with van der Waals surface area (Å²) in [5.74, 6) is 1.36. The Bertz CT molecular complexity index is 461. The summed E-state index contributed by atoms with van der Waals surface area (Å²) in [6.45, 7) is 6.63. The summed E-state index contributed by atoms with van der Waals surface area (Å²) >= 11 is 0. The van der Waals surface area contributed by atoms with Crippen molar-refractivity contribution in [2.45, 2.75) is 71.0 Å². The molecular formula is C16H28N4. The number of rotatable bonds is 5. The Morgan fingerprint density at radius 1 is 1.25 bits per heavy atom. The first-order valence-electron chi connectivity index (χ1n) is 8.23. The molecule has 1 saturated heterocycles. The zero-order valence-electron chi connectivity index (χ0n) is 13.2. The number of nitrogens with one attached hydrogen (secondary N) is 1. The highest BCUT2D eigenvalue weighted by Gasteiger charge is 2.28. The van der Waals surface area contributed by atoms with Gasteiger partial charge >= 0.3 is 0 Å². The lowest BCUT2D eigenvalue weighted by atomic mass is 9.99. The van der Waals surface area contributed by atoms with Gasteiger partial charge in [-0.15, -0.1) is 0 Å². The summed E-state index contributed by atoms with van der Waals surface area (Å²) < 4.78 is 2.10. The van der Waals surface area contributed by atoms with Crippen LogP contribution in [0.3, 0.4) is 0 Å². The Morgan fingerprint density at radius 3 is 2.75 bits per heavy atom. The van der Waals surface area contributed by atoms with Crippen molar-refractivity contribution in [3.05, 3.63) is 11.3 Å². The van der Waals surface area contributed by atoms with E-state index in [1.807, 2.05) is 0 Å². The van der Waals surface area contributed by atoms with E-state index in [1.165, 1.54) is 62.1 Å². The van der Waals surface area contributed by atoms with Crippen molar-refractivity contribution < 1.29 is 0 Å². The average molecular weight is 276 g/mol. The predicted molar refractivity (Wildman–Crippen MR) is 83.1 cm³/mol. The molecule has 1 atom stereocenters. The number of hydrogen-bond donors (Lipinski definition) is 1. The summed E-state index contributed by atoms with van der Waals surface area (Å²) in [5, 5.41) is 8.35. The number of piperidine rings is 1. The topological polar surface area (TPSA) is 33.1 Å². The largest absolute Gasteiger partial charge is 0.354 e. The molecule has 1 aromatic heterocycles. The fourth-order valence-electron chi connectivity index (χ4n) is 3.49. The molecule has 3 rings (SSSR count). The van der Waals surface area contributed by atoms with Gasteiger partial charge in [-0.05, 0) is 45.4 Å². The van der Waals surface area contributed by atoms with Crippen LogP contribution in [0.15, 0.2) is 0 Å². The second kappa shape index (κ2) is 5.76. The summed E-state index contributed by atoms with van der Waals surface area (Å²) in [5.41, 5.74) is 2.61. The quantitative estimate of drug-likeness (QED) is 0.897. The van der Waals surface area contributed by atoms with Crippen LogP contribution in [0.5, 0.6) is 0 Å². The molecule has 2 heterocycles. The summed E-state index contributed by atoms with van der Waals surface area (Å²) in [6.07, 6.45) is 7.94. The van der Waals surface area contributed by atoms with Crippen molar-refractivity contribution >= 4 is 5.82 Å². The smallest absolute Gasteiger partial charge is 0.131 e. The second-order valence-electron chi connectivity index (χ2n) is 6.42. The Labute approximate surface area is 122 Å². The molecule has 1 aliphatic heterocycles. The van der Waals surface area contributed by atoms with Crippen LogP contribution < -0.4 is 10.2 Å². The molecule has 4 nitrogen and oxygen atoms in total. The van der Waals surface area contributed by atoms with Crippen molar-refractivity contribution in [1.29, 1.82) is 0 Å². The summed E-state index contributed by atoms with van der Waals surface area (Å²) in [4.78, 5) is 2.62. The highest BCUT2D eigenvalue weighted by molar-refractivity contribution is 5.51. The Kier molecular flexibility index (Phi) is 4.01. The zero-order valence-corrected chi connectivity index (χ0v) is 13.2. The van der Waals surface area contributed by atoms with Gasteiger partial charge in [0.2, 0.25) is 0 Å². The van der Waals surface area contributed by atoms with Crippen LogP contribution in [-0.4, -0.2) is 28.4 Å². The third-order valence-electron chi connectivity index (χ3n) is 4.83. The van der Waals surface area contributed by atoms with E-state index in [1.54, 1.807) is 0 Å². The van der Waals surface area contributed by atoms with Crippen molar-refractivity contribution in [2.24, 2.45) is 7.05 Å². The molecule has 112 valence electrons. The normalized spacial score (nSPS) is 23.4. The maximum atomic E-state index is 4.69. The first-order valence-corrected chi connectivity index (χ1v) is 8.23. The van der Waals surface area contributed by atoms with Crippen LogP contribution in [-0.2, 0) is 13.6 Å². The van der Waals surface area contributed by atoms with Gasteiger partial charge < -0.3 is 10.2 Å². The fourth-order valence-corrected chi connectivity index (χ4v) is 3.49. The summed E-state index contributed by atoms with van der Waals surface area (Å²) in [7, 11) is 2.10. The van der Waals surface area contributed by atoms with Gasteiger partial charge in [0.25, 0.3) is 0 Å². The molecule has 0 amide bonds. The van der Waals surface area contributed by atoms with E-state index in [0.29, 0.717) is 6.04 Å². The Morgan fingerprint density at radius 2 is 2.05 bits per heavy atom. The van der Waals surface area contributed by atoms with Crippen molar-refractivity contribution in [1.82, 2.24) is 15.1 Å². The van der Waals surface area contributed by atoms with Gasteiger partial charge in [-0.25, -0.2) is 0 Å². The molecular weight excluding hydrogens is 248 g/mol. The number of nitrogens with zero attached hydrogens (tertiary/aromatic N) is 3. The molecule has 1 aliphatic carbocycles. The molecule has 1 aromatic rings. The number of anilines is 1. The van der Waals surface area contributed by atoms with Gasteiger partial charge in [0, 0.05) is 37.8 Å². The van der Waals surface area contributed by atoms with Crippen LogP contribution in [0.4, 0.5) is 5.82 Å². The van der Waals surface area contributed by atoms with Crippen molar-refractivity contribution in [3.63, 3.8) is 0 Å². The van der Waals surface area contributed by atoms with E-state index < -0.39 is 0 Å². The maximum Gasteiger partial charge on any atom is 0.131 e. The molecule has 1 unspecified atom stereocenters. The highest BCUT2D eigenvalue weighted by atomic mass is 15.4. The van der Waals surface area contributed by atoms with Gasteiger partial charge in [-0.1, -0.05) is 6.92 Å². The first-order chi connectivity index (χ1) is 9.70. The van der Waals surface area contributed by atoms with Crippen LogP contribution in [0.2, 0.25) is 0 Å². The second-order valence-corrected chi connectivity index (χ2v) is 6.42. The monoisotopic (exact) mass is 276 g/mol. The molecule has 2 fully saturated rings. The first kappa shape index (κ1) is 13.9. The molecule has 20 heavy (non-hydrogen) atoms. The molecule has 0 spiro atoms. The minimum Gasteiger partial charge on any atom is -0.354 e. The van der Waals surface area contributed by atoms with E-state index >= 15 is 0 Å².